The first-order valence-electron chi connectivity index (χ1n) is 12.0. The number of carbonyl (C=O) groups is 1. The molecule has 1 aliphatic heterocycles. The number of aromatic nitrogens is 3. The van der Waals surface area contributed by atoms with Crippen molar-refractivity contribution >= 4 is 38.2 Å². The Balaban J connectivity index is 1.67. The van der Waals surface area contributed by atoms with Gasteiger partial charge in [-0.3, -0.25) is 4.79 Å². The van der Waals surface area contributed by atoms with E-state index in [0.717, 1.165) is 18.9 Å². The van der Waals surface area contributed by atoms with Crippen molar-refractivity contribution in [3.8, 4) is 22.4 Å². The molecule has 1 fully saturated rings. The summed E-state index contributed by atoms with van der Waals surface area (Å²) in [4.78, 5) is 19.9. The van der Waals surface area contributed by atoms with Crippen LogP contribution >= 0.6 is 0 Å². The third-order valence-corrected chi connectivity index (χ3v) is 9.00. The van der Waals surface area contributed by atoms with E-state index in [4.69, 9.17) is 5.73 Å². The van der Waals surface area contributed by atoms with Gasteiger partial charge in [-0.2, -0.15) is 4.36 Å². The van der Waals surface area contributed by atoms with Gasteiger partial charge < -0.3 is 15.6 Å². The maximum atomic E-state index is 15.5. The number of hydrogen-bond donors (Lipinski definition) is 2. The third kappa shape index (κ3) is 4.65. The zero-order valence-corrected chi connectivity index (χ0v) is 21.5. The van der Waals surface area contributed by atoms with Gasteiger partial charge in [-0.05, 0) is 54.3 Å². The molecular formula is C27H26F2N6O2S. The Morgan fingerprint density at radius 1 is 1.18 bits per heavy atom. The van der Waals surface area contributed by atoms with Gasteiger partial charge in [0.05, 0.1) is 20.8 Å². The molecule has 196 valence electrons. The van der Waals surface area contributed by atoms with Gasteiger partial charge in [-0.15, -0.1) is 0 Å². The quantitative estimate of drug-likeness (QED) is 0.342. The molecule has 0 aliphatic carbocycles. The molecule has 1 amide bonds. The van der Waals surface area contributed by atoms with Crippen LogP contribution in [-0.2, 0) is 28.1 Å². The van der Waals surface area contributed by atoms with Crippen LogP contribution in [0.4, 0.5) is 20.3 Å². The number of benzene rings is 2. The second-order valence-electron chi connectivity index (χ2n) is 9.12. The topological polar surface area (TPSA) is 115 Å². The van der Waals surface area contributed by atoms with Crippen molar-refractivity contribution in [2.75, 3.05) is 17.2 Å². The summed E-state index contributed by atoms with van der Waals surface area (Å²) in [6.45, 7) is 3.53. The Bertz CT molecular complexity index is 1710. The zero-order chi connectivity index (χ0) is 27.0. The molecule has 1 saturated heterocycles. The van der Waals surface area contributed by atoms with E-state index in [0.29, 0.717) is 44.9 Å². The fraction of sp³-hybridized carbons (Fsp3) is 0.222. The van der Waals surface area contributed by atoms with Crippen LogP contribution in [0.15, 0.2) is 59.7 Å². The van der Waals surface area contributed by atoms with E-state index in [1.165, 1.54) is 24.5 Å². The summed E-state index contributed by atoms with van der Waals surface area (Å²) in [5, 5.41) is 3.07. The van der Waals surface area contributed by atoms with Crippen LogP contribution in [0.1, 0.15) is 18.4 Å². The maximum absolute atomic E-state index is 15.5. The normalized spacial score (nSPS) is 14.5. The summed E-state index contributed by atoms with van der Waals surface area (Å²) in [7, 11) is -0.739. The van der Waals surface area contributed by atoms with Crippen LogP contribution in [-0.4, -0.2) is 36.2 Å². The Hall–Kier alpha value is -4.12. The number of nitrogen functional groups attached to an aromatic ring is 1. The second kappa shape index (κ2) is 9.97. The minimum absolute atomic E-state index is 0.0313. The summed E-state index contributed by atoms with van der Waals surface area (Å²) >= 11 is 0. The smallest absolute Gasteiger partial charge is 0.243 e. The van der Waals surface area contributed by atoms with Crippen LogP contribution in [0.25, 0.3) is 33.4 Å². The van der Waals surface area contributed by atoms with Gasteiger partial charge in [-0.1, -0.05) is 18.7 Å². The Morgan fingerprint density at radius 2 is 1.95 bits per heavy atom. The number of amides is 1. The number of carbonyl (C=O) groups excluding carboxylic acids is 1. The average molecular weight is 537 g/mol. The Labute approximate surface area is 218 Å². The Kier molecular flexibility index (Phi) is 6.70. The van der Waals surface area contributed by atoms with Gasteiger partial charge in [0.1, 0.15) is 35.1 Å². The lowest BCUT2D eigenvalue weighted by atomic mass is 9.97. The lowest BCUT2D eigenvalue weighted by Gasteiger charge is -2.12. The first-order valence-corrected chi connectivity index (χ1v) is 13.9. The number of anilines is 1. The number of rotatable bonds is 6. The molecule has 5 rings (SSSR count). The molecule has 3 N–H and O–H groups in total. The van der Waals surface area contributed by atoms with E-state index >= 15 is 8.78 Å². The van der Waals surface area contributed by atoms with Crippen molar-refractivity contribution in [1.82, 2.24) is 19.9 Å². The molecule has 0 bridgehead atoms. The Morgan fingerprint density at radius 3 is 2.63 bits per heavy atom. The molecule has 3 heterocycles. The predicted molar refractivity (Wildman–Crippen MR) is 145 cm³/mol. The lowest BCUT2D eigenvalue weighted by Crippen LogP contribution is -2.20. The average Bonchev–Trinajstić information content (AvgIpc) is 3.45. The van der Waals surface area contributed by atoms with Crippen LogP contribution in [0, 0.1) is 11.6 Å². The van der Waals surface area contributed by atoms with Gasteiger partial charge in [0.2, 0.25) is 5.91 Å². The highest BCUT2D eigenvalue weighted by atomic mass is 32.2. The van der Waals surface area contributed by atoms with Gasteiger partial charge in [0, 0.05) is 36.2 Å². The predicted octanol–water partition coefficient (Wildman–Crippen LogP) is 4.86. The molecule has 0 atom stereocenters. The molecule has 2 aromatic heterocycles. The highest BCUT2D eigenvalue weighted by molar-refractivity contribution is 7.93. The van der Waals surface area contributed by atoms with E-state index < -0.39 is 21.4 Å². The molecule has 0 saturated carbocycles. The monoisotopic (exact) mass is 536 g/mol. The number of nitrogens with two attached hydrogens (primary N) is 1. The SMILES string of the molecule is C=CC(=O)NCc1ccc(-c2c(-c3ccc(N=S4(=O)CCCC4)c(F)c3)c3c(N)ncnc3n2C)c(F)c1. The number of nitrogens with one attached hydrogen (secondary N) is 1. The lowest BCUT2D eigenvalue weighted by molar-refractivity contribution is -0.116. The molecule has 0 spiro atoms. The maximum Gasteiger partial charge on any atom is 0.243 e. The largest absolute Gasteiger partial charge is 0.383 e. The minimum atomic E-state index is -2.46. The van der Waals surface area contributed by atoms with E-state index in [9.17, 15) is 9.00 Å². The first kappa shape index (κ1) is 25.5. The summed E-state index contributed by atoms with van der Waals surface area (Å²) in [6, 6.07) is 9.05. The molecule has 0 radical (unpaired) electrons. The van der Waals surface area contributed by atoms with Crippen molar-refractivity contribution in [1.29, 1.82) is 0 Å². The minimum Gasteiger partial charge on any atom is -0.383 e. The van der Waals surface area contributed by atoms with Gasteiger partial charge in [-0.25, -0.2) is 23.0 Å². The molecular weight excluding hydrogens is 510 g/mol. The fourth-order valence-corrected chi connectivity index (χ4v) is 6.96. The molecule has 4 aromatic rings. The van der Waals surface area contributed by atoms with Gasteiger partial charge in [0.25, 0.3) is 0 Å². The van der Waals surface area contributed by atoms with Crippen LogP contribution < -0.4 is 11.1 Å². The van der Waals surface area contributed by atoms with Crippen molar-refractivity contribution in [3.05, 3.63) is 72.6 Å². The van der Waals surface area contributed by atoms with Crippen LogP contribution in [0.5, 0.6) is 0 Å². The second-order valence-corrected chi connectivity index (χ2v) is 11.7. The van der Waals surface area contributed by atoms with Crippen LogP contribution in [0.3, 0.4) is 0 Å². The molecule has 38 heavy (non-hydrogen) atoms. The van der Waals surface area contributed by atoms with E-state index in [1.807, 2.05) is 0 Å². The standard InChI is InChI=1S/C27H26F2N6O2S/c1-3-22(36)31-14-16-6-8-18(19(28)12-16)25-23(24-26(30)32-15-33-27(24)35(25)2)17-7-9-21(20(29)13-17)34-38(37)10-4-5-11-38/h3,6-9,12-13,15H,1,4-5,10-11,14H2,2H3,(H,31,36)(H2,30,32,33). The summed E-state index contributed by atoms with van der Waals surface area (Å²) in [5.74, 6) is -0.457. The highest BCUT2D eigenvalue weighted by Gasteiger charge is 2.25. The number of halogens is 2. The summed E-state index contributed by atoms with van der Waals surface area (Å²) in [6.07, 6.45) is 4.08. The third-order valence-electron chi connectivity index (χ3n) is 6.61. The van der Waals surface area contributed by atoms with E-state index in [2.05, 4.69) is 26.2 Å². The summed E-state index contributed by atoms with van der Waals surface area (Å²) < 4.78 is 49.6. The number of aryl methyl sites for hydroxylation is 1. The number of hydrogen-bond acceptors (Lipinski definition) is 6. The van der Waals surface area contributed by atoms with Crippen molar-refractivity contribution in [2.24, 2.45) is 11.4 Å². The first-order chi connectivity index (χ1) is 18.2. The van der Waals surface area contributed by atoms with Gasteiger partial charge >= 0.3 is 0 Å². The molecule has 11 heteroatoms. The molecule has 0 unspecified atom stereocenters. The molecule has 2 aromatic carbocycles. The highest BCUT2D eigenvalue weighted by Crippen LogP contribution is 2.43. The van der Waals surface area contributed by atoms with Crippen molar-refractivity contribution < 1.29 is 17.8 Å². The summed E-state index contributed by atoms with van der Waals surface area (Å²) in [5.41, 5.74) is 8.82. The van der Waals surface area contributed by atoms with Crippen molar-refractivity contribution in [2.45, 2.75) is 19.4 Å². The number of nitrogens with zero attached hydrogens (tertiary/aromatic N) is 4. The zero-order valence-electron chi connectivity index (χ0n) is 20.7. The van der Waals surface area contributed by atoms with E-state index in [-0.39, 0.29) is 29.5 Å². The molecule has 8 nitrogen and oxygen atoms in total. The molecule has 1 aliphatic rings. The van der Waals surface area contributed by atoms with Crippen LogP contribution in [0.2, 0.25) is 0 Å². The fourth-order valence-electron chi connectivity index (χ4n) is 4.76. The van der Waals surface area contributed by atoms with Gasteiger partial charge in [0.15, 0.2) is 0 Å². The number of fused-ring (bicyclic) bond motifs is 1. The van der Waals surface area contributed by atoms with Crippen molar-refractivity contribution in [3.63, 3.8) is 0 Å². The van der Waals surface area contributed by atoms with E-state index in [1.54, 1.807) is 29.8 Å².